The second kappa shape index (κ2) is 5.55. The predicted molar refractivity (Wildman–Crippen MR) is 71.8 cm³/mol. The Bertz CT molecular complexity index is 534. The summed E-state index contributed by atoms with van der Waals surface area (Å²) in [7, 11) is 1.56. The first-order chi connectivity index (χ1) is 9.79. The van der Waals surface area contributed by atoms with Crippen molar-refractivity contribution in [2.24, 2.45) is 0 Å². The number of nitrogen functional groups attached to an aromatic ring is 1. The molecule has 0 radical (unpaired) electrons. The van der Waals surface area contributed by atoms with Crippen molar-refractivity contribution < 1.29 is 22.7 Å². The lowest BCUT2D eigenvalue weighted by Gasteiger charge is -2.40. The lowest BCUT2D eigenvalue weighted by atomic mass is 9.80. The highest BCUT2D eigenvalue weighted by Gasteiger charge is 2.38. The van der Waals surface area contributed by atoms with Gasteiger partial charge in [0.05, 0.1) is 22.4 Å². The molecule has 0 heterocycles. The number of hydrogen-bond donors (Lipinski definition) is 2. The molecule has 4 nitrogen and oxygen atoms in total. The molecule has 0 unspecified atom stereocenters. The van der Waals surface area contributed by atoms with Crippen LogP contribution in [-0.2, 0) is 10.9 Å². The van der Waals surface area contributed by atoms with Crippen LogP contribution in [0.25, 0.3) is 0 Å². The fraction of sp³-hybridized carbons (Fsp3) is 0.500. The maximum absolute atomic E-state index is 12.8. The Morgan fingerprint density at radius 2 is 2.10 bits per heavy atom. The summed E-state index contributed by atoms with van der Waals surface area (Å²) in [5, 5.41) is 2.60. The Morgan fingerprint density at radius 3 is 2.57 bits per heavy atom. The number of alkyl halides is 3. The van der Waals surface area contributed by atoms with Gasteiger partial charge < -0.3 is 15.8 Å². The van der Waals surface area contributed by atoms with Crippen molar-refractivity contribution in [3.8, 4) is 0 Å². The molecule has 21 heavy (non-hydrogen) atoms. The molecule has 3 N–H and O–H groups in total. The predicted octanol–water partition coefficient (Wildman–Crippen LogP) is 2.59. The lowest BCUT2D eigenvalue weighted by Crippen LogP contribution is -2.49. The van der Waals surface area contributed by atoms with Crippen LogP contribution < -0.4 is 11.1 Å². The average molecular weight is 302 g/mol. The molecule has 0 bridgehead atoms. The lowest BCUT2D eigenvalue weighted by molar-refractivity contribution is -0.136. The fourth-order valence-electron chi connectivity index (χ4n) is 2.37. The number of halogens is 3. The molecule has 1 aliphatic carbocycles. The summed E-state index contributed by atoms with van der Waals surface area (Å²) in [5.74, 6) is -0.623. The highest BCUT2D eigenvalue weighted by atomic mass is 19.4. The molecular formula is C14H17F3N2O2. The van der Waals surface area contributed by atoms with E-state index < -0.39 is 28.9 Å². The molecule has 1 saturated carbocycles. The second-order valence-corrected chi connectivity index (χ2v) is 5.19. The van der Waals surface area contributed by atoms with Crippen LogP contribution in [0, 0.1) is 0 Å². The van der Waals surface area contributed by atoms with Crippen LogP contribution in [0.15, 0.2) is 18.2 Å². The van der Waals surface area contributed by atoms with Gasteiger partial charge in [-0.15, -0.1) is 0 Å². The van der Waals surface area contributed by atoms with E-state index in [1.165, 1.54) is 12.1 Å². The number of amides is 1. The topological polar surface area (TPSA) is 64.3 Å². The van der Waals surface area contributed by atoms with Crippen molar-refractivity contribution in [1.29, 1.82) is 0 Å². The zero-order chi connectivity index (χ0) is 15.7. The van der Waals surface area contributed by atoms with Crippen molar-refractivity contribution in [1.82, 2.24) is 5.32 Å². The van der Waals surface area contributed by atoms with Crippen LogP contribution in [0.3, 0.4) is 0 Å². The van der Waals surface area contributed by atoms with E-state index in [0.29, 0.717) is 0 Å². The summed E-state index contributed by atoms with van der Waals surface area (Å²) in [6.07, 6.45) is -1.93. The number of nitrogens with two attached hydrogens (primary N) is 1. The molecule has 0 atom stereocenters. The number of anilines is 1. The number of carbonyl (C=O) groups is 1. The zero-order valence-electron chi connectivity index (χ0n) is 11.6. The van der Waals surface area contributed by atoms with E-state index in [1.54, 1.807) is 7.11 Å². The van der Waals surface area contributed by atoms with E-state index in [9.17, 15) is 18.0 Å². The highest BCUT2D eigenvalue weighted by molar-refractivity contribution is 5.99. The van der Waals surface area contributed by atoms with E-state index in [4.69, 9.17) is 10.5 Å². The first-order valence-corrected chi connectivity index (χ1v) is 6.58. The summed E-state index contributed by atoms with van der Waals surface area (Å²) in [6.45, 7) is 0.262. The van der Waals surface area contributed by atoms with Gasteiger partial charge in [0, 0.05) is 13.7 Å². The van der Waals surface area contributed by atoms with Gasteiger partial charge in [-0.2, -0.15) is 13.2 Å². The molecular weight excluding hydrogens is 285 g/mol. The van der Waals surface area contributed by atoms with E-state index in [-0.39, 0.29) is 12.1 Å². The maximum atomic E-state index is 12.8. The first-order valence-electron chi connectivity index (χ1n) is 6.58. The van der Waals surface area contributed by atoms with Gasteiger partial charge in [0.1, 0.15) is 0 Å². The number of methoxy groups -OCH3 is 1. The fourth-order valence-corrected chi connectivity index (χ4v) is 2.37. The van der Waals surface area contributed by atoms with Crippen LogP contribution in [0.1, 0.15) is 35.2 Å². The highest BCUT2D eigenvalue weighted by Crippen LogP contribution is 2.36. The third-order valence-corrected chi connectivity index (χ3v) is 3.93. The van der Waals surface area contributed by atoms with Crippen molar-refractivity contribution in [3.05, 3.63) is 29.3 Å². The van der Waals surface area contributed by atoms with Crippen LogP contribution in [0.5, 0.6) is 0 Å². The Balaban J connectivity index is 2.13. The average Bonchev–Trinajstić information content (AvgIpc) is 2.36. The van der Waals surface area contributed by atoms with Gasteiger partial charge in [0.15, 0.2) is 0 Å². The van der Waals surface area contributed by atoms with Crippen LogP contribution in [0.2, 0.25) is 0 Å². The monoisotopic (exact) mass is 302 g/mol. The van der Waals surface area contributed by atoms with Gasteiger partial charge in [0.2, 0.25) is 0 Å². The van der Waals surface area contributed by atoms with Crippen molar-refractivity contribution in [2.75, 3.05) is 19.4 Å². The summed E-state index contributed by atoms with van der Waals surface area (Å²) >= 11 is 0. The normalized spacial score (nSPS) is 17.1. The van der Waals surface area contributed by atoms with Crippen LogP contribution in [-0.4, -0.2) is 25.2 Å². The molecule has 1 aliphatic rings. The van der Waals surface area contributed by atoms with Crippen molar-refractivity contribution >= 4 is 11.6 Å². The maximum Gasteiger partial charge on any atom is 0.418 e. The van der Waals surface area contributed by atoms with Gasteiger partial charge in [-0.3, -0.25) is 4.79 Å². The number of nitrogens with one attached hydrogen (secondary N) is 1. The largest absolute Gasteiger partial charge is 0.418 e. The molecule has 0 aromatic heterocycles. The van der Waals surface area contributed by atoms with E-state index >= 15 is 0 Å². The summed E-state index contributed by atoms with van der Waals surface area (Å²) in [4.78, 5) is 12.0. The standard InChI is InChI=1S/C14H17F3N2O2/c1-21-13(6-3-7-13)8-19-12(20)9-4-2-5-10(11(9)18)14(15,16)17/h2,4-5H,3,6-8,18H2,1H3,(H,19,20). The first kappa shape index (κ1) is 15.6. The SMILES string of the molecule is COC1(CNC(=O)c2cccc(C(F)(F)F)c2N)CCC1. The number of carbonyl (C=O) groups excluding carboxylic acids is 1. The summed E-state index contributed by atoms with van der Waals surface area (Å²) in [6, 6.07) is 3.30. The number of para-hydroxylation sites is 1. The summed E-state index contributed by atoms with van der Waals surface area (Å²) < 4.78 is 43.6. The molecule has 1 aromatic rings. The minimum absolute atomic E-state index is 0.171. The molecule has 0 saturated heterocycles. The molecule has 1 aromatic carbocycles. The smallest absolute Gasteiger partial charge is 0.398 e. The van der Waals surface area contributed by atoms with Gasteiger partial charge in [0.25, 0.3) is 5.91 Å². The van der Waals surface area contributed by atoms with Gasteiger partial charge in [-0.05, 0) is 31.4 Å². The second-order valence-electron chi connectivity index (χ2n) is 5.19. The van der Waals surface area contributed by atoms with E-state index in [0.717, 1.165) is 25.3 Å². The third kappa shape index (κ3) is 3.12. The molecule has 2 rings (SSSR count). The Hall–Kier alpha value is -1.76. The van der Waals surface area contributed by atoms with Gasteiger partial charge >= 0.3 is 6.18 Å². The minimum Gasteiger partial charge on any atom is -0.398 e. The van der Waals surface area contributed by atoms with Crippen LogP contribution in [0.4, 0.5) is 18.9 Å². The Kier molecular flexibility index (Phi) is 4.13. The molecule has 1 amide bonds. The third-order valence-electron chi connectivity index (χ3n) is 3.93. The van der Waals surface area contributed by atoms with E-state index in [2.05, 4.69) is 5.32 Å². The van der Waals surface area contributed by atoms with Gasteiger partial charge in [-0.25, -0.2) is 0 Å². The summed E-state index contributed by atoms with van der Waals surface area (Å²) in [5.41, 5.74) is 3.36. The number of benzene rings is 1. The number of ether oxygens (including phenoxy) is 1. The molecule has 0 aliphatic heterocycles. The Labute approximate surface area is 120 Å². The zero-order valence-corrected chi connectivity index (χ0v) is 11.6. The molecule has 0 spiro atoms. The van der Waals surface area contributed by atoms with Crippen LogP contribution >= 0.6 is 0 Å². The number of rotatable bonds is 4. The molecule has 1 fully saturated rings. The molecule has 116 valence electrons. The number of hydrogen-bond acceptors (Lipinski definition) is 3. The van der Waals surface area contributed by atoms with Crippen molar-refractivity contribution in [2.45, 2.75) is 31.0 Å². The van der Waals surface area contributed by atoms with E-state index in [1.807, 2.05) is 0 Å². The van der Waals surface area contributed by atoms with Crippen molar-refractivity contribution in [3.63, 3.8) is 0 Å². The van der Waals surface area contributed by atoms with Gasteiger partial charge in [-0.1, -0.05) is 6.07 Å². The minimum atomic E-state index is -4.58. The quantitative estimate of drug-likeness (QED) is 0.840. The molecule has 7 heteroatoms. The Morgan fingerprint density at radius 1 is 1.43 bits per heavy atom.